The summed E-state index contributed by atoms with van der Waals surface area (Å²) in [5.41, 5.74) is 0.889. The van der Waals surface area contributed by atoms with Gasteiger partial charge in [-0.05, 0) is 31.2 Å². The number of Topliss-reactive ketones (excluding diaryl/α,β-unsaturated/α-hetero) is 1. The first-order valence-electron chi connectivity index (χ1n) is 12.0. The molecule has 0 aliphatic carbocycles. The van der Waals surface area contributed by atoms with Crippen LogP contribution in [0.5, 0.6) is 0 Å². The van der Waals surface area contributed by atoms with Gasteiger partial charge in [-0.15, -0.1) is 0 Å². The number of rotatable bonds is 6. The molecule has 1 aliphatic heterocycles. The van der Waals surface area contributed by atoms with Crippen LogP contribution in [0.3, 0.4) is 0 Å². The quantitative estimate of drug-likeness (QED) is 0.236. The molecule has 194 valence electrons. The molecular weight excluding hydrogens is 495 g/mol. The molecule has 3 heterocycles. The summed E-state index contributed by atoms with van der Waals surface area (Å²) in [4.78, 5) is 57.1. The predicted octanol–water partition coefficient (Wildman–Crippen LogP) is 3.31. The molecule has 2 aromatic carbocycles. The van der Waals surface area contributed by atoms with Gasteiger partial charge in [-0.25, -0.2) is 9.18 Å². The Balaban J connectivity index is 1.37. The minimum Gasteiger partial charge on any atom is -0.462 e. The average molecular weight is 519 g/mol. The standard InChI is InChI=1S/C27H23FN4O6/c1-2-37-27(36)19-15-30-38-24(19)17-8-9-20(28)21-18(14-29-22(17)21)23(33)26(35)32-12-10-31(11-13-32)25(34)16-6-4-3-5-7-16/h3-9,14-15,29H,2,10-13H2,1H3. The molecule has 38 heavy (non-hydrogen) atoms. The van der Waals surface area contributed by atoms with Crippen molar-refractivity contribution in [2.75, 3.05) is 32.8 Å². The number of carbonyl (C=O) groups is 4. The fraction of sp³-hybridized carbons (Fsp3) is 0.222. The van der Waals surface area contributed by atoms with Crippen molar-refractivity contribution in [3.8, 4) is 11.3 Å². The summed E-state index contributed by atoms with van der Waals surface area (Å²) < 4.78 is 25.2. The van der Waals surface area contributed by atoms with Gasteiger partial charge in [-0.1, -0.05) is 23.4 Å². The van der Waals surface area contributed by atoms with Gasteiger partial charge in [-0.3, -0.25) is 14.4 Å². The van der Waals surface area contributed by atoms with Crippen LogP contribution < -0.4 is 0 Å². The van der Waals surface area contributed by atoms with E-state index in [4.69, 9.17) is 9.26 Å². The van der Waals surface area contributed by atoms with Gasteiger partial charge < -0.3 is 24.0 Å². The van der Waals surface area contributed by atoms with Crippen molar-refractivity contribution >= 4 is 34.5 Å². The molecule has 0 atom stereocenters. The molecule has 0 radical (unpaired) electrons. The summed E-state index contributed by atoms with van der Waals surface area (Å²) in [6.45, 7) is 2.66. The maximum absolute atomic E-state index is 15.0. The lowest BCUT2D eigenvalue weighted by Crippen LogP contribution is -2.52. The van der Waals surface area contributed by atoms with Crippen LogP contribution >= 0.6 is 0 Å². The van der Waals surface area contributed by atoms with E-state index in [1.807, 2.05) is 6.07 Å². The largest absolute Gasteiger partial charge is 0.462 e. The van der Waals surface area contributed by atoms with Crippen molar-refractivity contribution in [2.24, 2.45) is 0 Å². The van der Waals surface area contributed by atoms with Crippen LogP contribution in [-0.4, -0.2) is 76.3 Å². The van der Waals surface area contributed by atoms with Crippen molar-refractivity contribution in [3.05, 3.63) is 77.4 Å². The lowest BCUT2D eigenvalue weighted by Gasteiger charge is -2.34. The fourth-order valence-corrected chi connectivity index (χ4v) is 4.50. The van der Waals surface area contributed by atoms with Crippen LogP contribution in [-0.2, 0) is 9.53 Å². The summed E-state index contributed by atoms with van der Waals surface area (Å²) in [6, 6.07) is 11.3. The zero-order valence-electron chi connectivity index (χ0n) is 20.4. The Bertz CT molecular complexity index is 1540. The number of amides is 2. The number of carbonyl (C=O) groups excluding carboxylic acids is 4. The number of aromatic amines is 1. The molecule has 1 aliphatic rings. The summed E-state index contributed by atoms with van der Waals surface area (Å²) in [7, 11) is 0. The van der Waals surface area contributed by atoms with Crippen LogP contribution in [0.15, 0.2) is 59.4 Å². The van der Waals surface area contributed by atoms with Crippen LogP contribution in [0.4, 0.5) is 4.39 Å². The topological polar surface area (TPSA) is 126 Å². The first-order chi connectivity index (χ1) is 18.4. The lowest BCUT2D eigenvalue weighted by molar-refractivity contribution is -0.127. The monoisotopic (exact) mass is 518 g/mol. The molecule has 0 spiro atoms. The number of esters is 1. The second-order valence-electron chi connectivity index (χ2n) is 8.62. The molecule has 2 aromatic heterocycles. The highest BCUT2D eigenvalue weighted by Gasteiger charge is 2.32. The Morgan fingerprint density at radius 3 is 2.42 bits per heavy atom. The normalized spacial score (nSPS) is 13.5. The summed E-state index contributed by atoms with van der Waals surface area (Å²) in [5.74, 6) is -3.18. The zero-order chi connectivity index (χ0) is 26.8. The minimum absolute atomic E-state index is 0.0415. The molecule has 0 saturated carbocycles. The molecule has 1 saturated heterocycles. The Kier molecular flexibility index (Phi) is 6.73. The Hall–Kier alpha value is -4.80. The molecule has 11 heteroatoms. The smallest absolute Gasteiger partial charge is 0.343 e. The van der Waals surface area contributed by atoms with Gasteiger partial charge in [-0.2, -0.15) is 0 Å². The molecule has 4 aromatic rings. The highest BCUT2D eigenvalue weighted by Crippen LogP contribution is 2.34. The maximum Gasteiger partial charge on any atom is 0.343 e. The second kappa shape index (κ2) is 10.3. The van der Waals surface area contributed by atoms with Crippen LogP contribution in [0.1, 0.15) is 38.0 Å². The van der Waals surface area contributed by atoms with Crippen LogP contribution in [0.25, 0.3) is 22.2 Å². The summed E-state index contributed by atoms with van der Waals surface area (Å²) >= 11 is 0. The number of fused-ring (bicyclic) bond motifs is 1. The van der Waals surface area contributed by atoms with Crippen molar-refractivity contribution in [1.82, 2.24) is 19.9 Å². The first kappa shape index (κ1) is 24.9. The third-order valence-electron chi connectivity index (χ3n) is 6.41. The molecular formula is C27H23FN4O6. The number of ketones is 1. The van der Waals surface area contributed by atoms with Gasteiger partial charge in [0, 0.05) is 48.9 Å². The summed E-state index contributed by atoms with van der Waals surface area (Å²) in [5, 5.41) is 3.55. The van der Waals surface area contributed by atoms with Crippen LogP contribution in [0, 0.1) is 5.82 Å². The number of hydrogen-bond donors (Lipinski definition) is 1. The summed E-state index contributed by atoms with van der Waals surface area (Å²) in [6.07, 6.45) is 2.45. The molecule has 1 N–H and O–H groups in total. The van der Waals surface area contributed by atoms with E-state index in [1.54, 1.807) is 36.1 Å². The Morgan fingerprint density at radius 1 is 1.00 bits per heavy atom. The maximum atomic E-state index is 15.0. The lowest BCUT2D eigenvalue weighted by atomic mass is 10.0. The number of benzene rings is 2. The number of nitrogens with one attached hydrogen (secondary N) is 1. The average Bonchev–Trinajstić information content (AvgIpc) is 3.62. The number of hydrogen-bond acceptors (Lipinski definition) is 7. The third kappa shape index (κ3) is 4.42. The third-order valence-corrected chi connectivity index (χ3v) is 6.41. The van der Waals surface area contributed by atoms with Gasteiger partial charge in [0.05, 0.1) is 23.9 Å². The predicted molar refractivity (Wildman–Crippen MR) is 133 cm³/mol. The van der Waals surface area contributed by atoms with Gasteiger partial charge in [0.2, 0.25) is 0 Å². The van der Waals surface area contributed by atoms with Gasteiger partial charge in [0.25, 0.3) is 17.6 Å². The van der Waals surface area contributed by atoms with Gasteiger partial charge >= 0.3 is 5.97 Å². The molecule has 5 rings (SSSR count). The van der Waals surface area contributed by atoms with E-state index in [2.05, 4.69) is 10.1 Å². The molecule has 0 bridgehead atoms. The van der Waals surface area contributed by atoms with E-state index in [-0.39, 0.29) is 72.0 Å². The van der Waals surface area contributed by atoms with E-state index in [0.29, 0.717) is 5.56 Å². The van der Waals surface area contributed by atoms with E-state index in [9.17, 15) is 23.6 Å². The number of halogens is 1. The first-order valence-corrected chi connectivity index (χ1v) is 12.0. The molecule has 0 unspecified atom stereocenters. The van der Waals surface area contributed by atoms with Crippen molar-refractivity contribution < 1.29 is 32.8 Å². The molecule has 10 nitrogen and oxygen atoms in total. The van der Waals surface area contributed by atoms with Crippen LogP contribution in [0.2, 0.25) is 0 Å². The molecule has 2 amide bonds. The van der Waals surface area contributed by atoms with Gasteiger partial charge in [0.1, 0.15) is 11.4 Å². The molecule has 1 fully saturated rings. The van der Waals surface area contributed by atoms with E-state index in [0.717, 1.165) is 6.07 Å². The second-order valence-corrected chi connectivity index (χ2v) is 8.62. The Labute approximate surface area is 215 Å². The van der Waals surface area contributed by atoms with E-state index < -0.39 is 23.5 Å². The highest BCUT2D eigenvalue weighted by atomic mass is 19.1. The van der Waals surface area contributed by atoms with Gasteiger partial charge in [0.15, 0.2) is 5.76 Å². The van der Waals surface area contributed by atoms with Crippen molar-refractivity contribution in [1.29, 1.82) is 0 Å². The number of nitrogens with zero attached hydrogens (tertiary/aromatic N) is 3. The number of H-pyrrole nitrogens is 1. The minimum atomic E-state index is -0.890. The van der Waals surface area contributed by atoms with E-state index in [1.165, 1.54) is 23.4 Å². The van der Waals surface area contributed by atoms with Crippen molar-refractivity contribution in [2.45, 2.75) is 6.92 Å². The SMILES string of the molecule is CCOC(=O)c1cnoc1-c1ccc(F)c2c(C(=O)C(=O)N3CCN(C(=O)c4ccccc4)CC3)c[nH]c12. The zero-order valence-corrected chi connectivity index (χ0v) is 20.4. The van der Waals surface area contributed by atoms with Crippen molar-refractivity contribution in [3.63, 3.8) is 0 Å². The highest BCUT2D eigenvalue weighted by molar-refractivity contribution is 6.45. The number of piperazine rings is 1. The number of ether oxygens (including phenoxy) is 1. The van der Waals surface area contributed by atoms with E-state index >= 15 is 0 Å². The fourth-order valence-electron chi connectivity index (χ4n) is 4.50. The Morgan fingerprint density at radius 2 is 1.71 bits per heavy atom. The number of aromatic nitrogens is 2.